The Hall–Kier alpha value is -0.860. The molecular weight excluding hydrogens is 188 g/mol. The van der Waals surface area contributed by atoms with Gasteiger partial charge in [-0.1, -0.05) is 29.8 Å². The Balaban J connectivity index is 2.37. The summed E-state index contributed by atoms with van der Waals surface area (Å²) in [4.78, 5) is 10.3. The summed E-state index contributed by atoms with van der Waals surface area (Å²) in [5.41, 5.74) is 2.25. The number of halogens is 1. The van der Waals surface area contributed by atoms with E-state index in [1.807, 2.05) is 31.2 Å². The zero-order valence-electron chi connectivity index (χ0n) is 7.42. The van der Waals surface area contributed by atoms with Crippen LogP contribution in [-0.2, 0) is 16.1 Å². The van der Waals surface area contributed by atoms with Gasteiger partial charge in [0.25, 0.3) is 0 Å². The molecule has 0 aliphatic rings. The minimum Gasteiger partial charge on any atom is -0.368 e. The zero-order valence-corrected chi connectivity index (χ0v) is 8.17. The highest BCUT2D eigenvalue weighted by molar-refractivity contribution is 6.63. The predicted octanol–water partition coefficient (Wildman–Crippen LogP) is 2.28. The van der Waals surface area contributed by atoms with Crippen molar-refractivity contribution in [2.75, 3.05) is 6.61 Å². The first-order valence-electron chi connectivity index (χ1n) is 4.00. The monoisotopic (exact) mass is 198 g/mol. The Morgan fingerprint density at radius 1 is 1.38 bits per heavy atom. The predicted molar refractivity (Wildman–Crippen MR) is 51.7 cm³/mol. The summed E-state index contributed by atoms with van der Waals surface area (Å²) < 4.78 is 5.04. The van der Waals surface area contributed by atoms with Gasteiger partial charge in [-0.2, -0.15) is 0 Å². The Labute approximate surface area is 82.5 Å². The molecule has 13 heavy (non-hydrogen) atoms. The molecule has 0 N–H and O–H groups in total. The summed E-state index contributed by atoms with van der Waals surface area (Å²) in [6.07, 6.45) is 0. The molecule has 0 saturated carbocycles. The maximum Gasteiger partial charge on any atom is 0.247 e. The van der Waals surface area contributed by atoms with Gasteiger partial charge in [-0.25, -0.2) is 0 Å². The summed E-state index contributed by atoms with van der Waals surface area (Å²) >= 11 is 5.11. The maximum absolute atomic E-state index is 10.3. The van der Waals surface area contributed by atoms with Crippen molar-refractivity contribution in [3.05, 3.63) is 35.4 Å². The van der Waals surface area contributed by atoms with E-state index in [2.05, 4.69) is 0 Å². The summed E-state index contributed by atoms with van der Waals surface area (Å²) in [6.45, 7) is 2.42. The zero-order chi connectivity index (χ0) is 9.68. The number of hydrogen-bond donors (Lipinski definition) is 0. The molecule has 0 unspecified atom stereocenters. The highest BCUT2D eigenvalue weighted by Crippen LogP contribution is 2.04. The van der Waals surface area contributed by atoms with Gasteiger partial charge >= 0.3 is 0 Å². The van der Waals surface area contributed by atoms with Gasteiger partial charge in [0.1, 0.15) is 6.61 Å². The van der Waals surface area contributed by atoms with E-state index in [4.69, 9.17) is 16.3 Å². The molecule has 1 aromatic carbocycles. The van der Waals surface area contributed by atoms with E-state index in [9.17, 15) is 4.79 Å². The first-order valence-corrected chi connectivity index (χ1v) is 4.38. The lowest BCUT2D eigenvalue weighted by Gasteiger charge is -2.01. The van der Waals surface area contributed by atoms with Crippen molar-refractivity contribution in [1.29, 1.82) is 0 Å². The van der Waals surface area contributed by atoms with E-state index in [1.165, 1.54) is 5.56 Å². The topological polar surface area (TPSA) is 26.3 Å². The van der Waals surface area contributed by atoms with Crippen molar-refractivity contribution in [1.82, 2.24) is 0 Å². The van der Waals surface area contributed by atoms with Crippen molar-refractivity contribution in [3.8, 4) is 0 Å². The van der Waals surface area contributed by atoms with Gasteiger partial charge in [0.05, 0.1) is 6.61 Å². The molecule has 0 heterocycles. The Morgan fingerprint density at radius 3 is 2.54 bits per heavy atom. The van der Waals surface area contributed by atoms with Crippen LogP contribution in [0.25, 0.3) is 0 Å². The molecule has 0 amide bonds. The van der Waals surface area contributed by atoms with Gasteiger partial charge in [0.15, 0.2) is 0 Å². The van der Waals surface area contributed by atoms with Crippen molar-refractivity contribution >= 4 is 16.8 Å². The number of carbonyl (C=O) groups is 1. The molecule has 0 aliphatic heterocycles. The molecule has 0 aromatic heterocycles. The van der Waals surface area contributed by atoms with Crippen LogP contribution in [0.1, 0.15) is 11.1 Å². The highest BCUT2D eigenvalue weighted by atomic mass is 35.5. The average Bonchev–Trinajstić information content (AvgIpc) is 2.08. The highest BCUT2D eigenvalue weighted by Gasteiger charge is 1.96. The van der Waals surface area contributed by atoms with Crippen LogP contribution in [0.2, 0.25) is 0 Å². The summed E-state index contributed by atoms with van der Waals surface area (Å²) in [5.74, 6) is 0. The standard InChI is InChI=1S/C10H11ClO2/c1-8-2-4-9(5-3-8)6-13-7-10(11)12/h2-5H,6-7H2,1H3. The normalized spacial score (nSPS) is 10.0. The second-order valence-corrected chi connectivity index (χ2v) is 3.26. The van der Waals surface area contributed by atoms with Gasteiger partial charge in [0.2, 0.25) is 5.24 Å². The van der Waals surface area contributed by atoms with E-state index in [-0.39, 0.29) is 6.61 Å². The number of rotatable bonds is 4. The van der Waals surface area contributed by atoms with Gasteiger partial charge in [-0.15, -0.1) is 0 Å². The molecule has 0 saturated heterocycles. The largest absolute Gasteiger partial charge is 0.368 e. The van der Waals surface area contributed by atoms with Gasteiger partial charge in [0, 0.05) is 0 Å². The van der Waals surface area contributed by atoms with Gasteiger partial charge in [-0.3, -0.25) is 4.79 Å². The van der Waals surface area contributed by atoms with Crippen LogP contribution >= 0.6 is 11.6 Å². The maximum atomic E-state index is 10.3. The fourth-order valence-electron chi connectivity index (χ4n) is 0.933. The van der Waals surface area contributed by atoms with Crippen molar-refractivity contribution in [2.45, 2.75) is 13.5 Å². The van der Waals surface area contributed by atoms with Crippen LogP contribution in [0.4, 0.5) is 0 Å². The number of carbonyl (C=O) groups excluding carboxylic acids is 1. The smallest absolute Gasteiger partial charge is 0.247 e. The van der Waals surface area contributed by atoms with E-state index in [0.29, 0.717) is 6.61 Å². The minimum absolute atomic E-state index is 0.0323. The quantitative estimate of drug-likeness (QED) is 0.694. The molecule has 0 atom stereocenters. The molecule has 0 aliphatic carbocycles. The molecule has 70 valence electrons. The third kappa shape index (κ3) is 4.06. The fourth-order valence-corrected chi connectivity index (χ4v) is 1.01. The summed E-state index contributed by atoms with van der Waals surface area (Å²) in [7, 11) is 0. The molecule has 0 fully saturated rings. The number of aryl methyl sites for hydroxylation is 1. The second-order valence-electron chi connectivity index (χ2n) is 2.83. The van der Waals surface area contributed by atoms with Gasteiger partial charge in [-0.05, 0) is 24.1 Å². The van der Waals surface area contributed by atoms with Crippen LogP contribution in [0.3, 0.4) is 0 Å². The van der Waals surface area contributed by atoms with Crippen LogP contribution in [0.5, 0.6) is 0 Å². The van der Waals surface area contributed by atoms with E-state index < -0.39 is 5.24 Å². The van der Waals surface area contributed by atoms with Crippen molar-refractivity contribution in [2.24, 2.45) is 0 Å². The second kappa shape index (κ2) is 5.00. The lowest BCUT2D eigenvalue weighted by Crippen LogP contribution is -2.01. The molecule has 0 radical (unpaired) electrons. The number of benzene rings is 1. The van der Waals surface area contributed by atoms with Gasteiger partial charge < -0.3 is 4.74 Å². The minimum atomic E-state index is -0.466. The number of hydrogen-bond acceptors (Lipinski definition) is 2. The van der Waals surface area contributed by atoms with Crippen molar-refractivity contribution < 1.29 is 9.53 Å². The first kappa shape index (κ1) is 10.2. The molecule has 3 heteroatoms. The van der Waals surface area contributed by atoms with Crippen molar-refractivity contribution in [3.63, 3.8) is 0 Å². The summed E-state index contributed by atoms with van der Waals surface area (Å²) in [6, 6.07) is 7.94. The van der Waals surface area contributed by atoms with E-state index in [0.717, 1.165) is 5.56 Å². The number of ether oxygens (including phenoxy) is 1. The average molecular weight is 199 g/mol. The fraction of sp³-hybridized carbons (Fsp3) is 0.300. The molecule has 2 nitrogen and oxygen atoms in total. The molecular formula is C10H11ClO2. The molecule has 0 spiro atoms. The Kier molecular flexibility index (Phi) is 3.93. The third-order valence-electron chi connectivity index (χ3n) is 1.60. The van der Waals surface area contributed by atoms with E-state index >= 15 is 0 Å². The SMILES string of the molecule is Cc1ccc(COCC(=O)Cl)cc1. The molecule has 1 aromatic rings. The summed E-state index contributed by atoms with van der Waals surface area (Å²) in [5, 5.41) is -0.466. The van der Waals surface area contributed by atoms with Crippen LogP contribution in [0, 0.1) is 6.92 Å². The Bertz CT molecular complexity index is 279. The molecule has 0 bridgehead atoms. The third-order valence-corrected chi connectivity index (χ3v) is 1.71. The van der Waals surface area contributed by atoms with Crippen LogP contribution in [-0.4, -0.2) is 11.8 Å². The van der Waals surface area contributed by atoms with E-state index in [1.54, 1.807) is 0 Å². The lowest BCUT2D eigenvalue weighted by atomic mass is 10.2. The Morgan fingerprint density at radius 2 is 2.00 bits per heavy atom. The first-order chi connectivity index (χ1) is 6.18. The lowest BCUT2D eigenvalue weighted by molar-refractivity contribution is -0.116. The van der Waals surface area contributed by atoms with Crippen LogP contribution in [0.15, 0.2) is 24.3 Å². The molecule has 1 rings (SSSR count). The van der Waals surface area contributed by atoms with Crippen LogP contribution < -0.4 is 0 Å².